The summed E-state index contributed by atoms with van der Waals surface area (Å²) in [5.74, 6) is 0.471. The van der Waals surface area contributed by atoms with Crippen LogP contribution in [0.4, 0.5) is 0 Å². The van der Waals surface area contributed by atoms with Crippen molar-refractivity contribution < 1.29 is 14.3 Å². The molecule has 0 aliphatic rings. The monoisotopic (exact) mass is 310 g/mol. The molecule has 0 N–H and O–H groups in total. The molecule has 0 saturated carbocycles. The highest BCUT2D eigenvalue weighted by Gasteiger charge is 2.14. The first-order valence-corrected chi connectivity index (χ1v) is 7.61. The van der Waals surface area contributed by atoms with Crippen LogP contribution < -0.4 is 4.74 Å². The van der Waals surface area contributed by atoms with Crippen molar-refractivity contribution in [2.75, 3.05) is 13.2 Å². The first-order valence-electron chi connectivity index (χ1n) is 7.61. The number of carbonyl (C=O) groups excluding carboxylic acids is 1. The molecule has 3 aromatic rings. The number of ether oxygens (including phenoxy) is 2. The van der Waals surface area contributed by atoms with Gasteiger partial charge in [0.2, 0.25) is 0 Å². The van der Waals surface area contributed by atoms with E-state index in [9.17, 15) is 4.79 Å². The van der Waals surface area contributed by atoms with Crippen LogP contribution in [0.25, 0.3) is 16.9 Å². The number of carbonyl (C=O) groups is 1. The van der Waals surface area contributed by atoms with Gasteiger partial charge in [0.15, 0.2) is 5.65 Å². The summed E-state index contributed by atoms with van der Waals surface area (Å²) >= 11 is 0. The highest BCUT2D eigenvalue weighted by molar-refractivity contribution is 5.96. The summed E-state index contributed by atoms with van der Waals surface area (Å²) in [6, 6.07) is 11.4. The lowest BCUT2D eigenvalue weighted by Crippen LogP contribution is -2.05. The zero-order chi connectivity index (χ0) is 16.2. The summed E-state index contributed by atoms with van der Waals surface area (Å²) in [4.78, 5) is 16.6. The maximum atomic E-state index is 12.0. The second kappa shape index (κ2) is 6.52. The Balaban J connectivity index is 1.98. The largest absolute Gasteiger partial charge is 0.494 e. The molecular formula is C18H18N2O3. The molecule has 3 rings (SSSR count). The average Bonchev–Trinajstić information content (AvgIpc) is 2.99. The molecule has 2 aromatic heterocycles. The van der Waals surface area contributed by atoms with Gasteiger partial charge in [-0.15, -0.1) is 0 Å². The van der Waals surface area contributed by atoms with E-state index in [4.69, 9.17) is 9.47 Å². The minimum atomic E-state index is -0.355. The number of aromatic nitrogens is 2. The zero-order valence-corrected chi connectivity index (χ0v) is 13.2. The van der Waals surface area contributed by atoms with E-state index in [1.165, 1.54) is 0 Å². The minimum absolute atomic E-state index is 0.342. The molecule has 0 aliphatic carbocycles. The number of hydrogen-bond acceptors (Lipinski definition) is 4. The first kappa shape index (κ1) is 15.1. The third-order valence-electron chi connectivity index (χ3n) is 3.46. The van der Waals surface area contributed by atoms with Crippen LogP contribution in [0.2, 0.25) is 0 Å². The third kappa shape index (κ3) is 3.04. The van der Waals surface area contributed by atoms with Crippen LogP contribution in [0.5, 0.6) is 5.75 Å². The smallest absolute Gasteiger partial charge is 0.341 e. The molecule has 0 radical (unpaired) electrons. The number of esters is 1. The van der Waals surface area contributed by atoms with Crippen molar-refractivity contribution in [3.8, 4) is 17.0 Å². The van der Waals surface area contributed by atoms with Gasteiger partial charge in [-0.3, -0.25) is 0 Å². The topological polar surface area (TPSA) is 52.8 Å². The lowest BCUT2D eigenvalue weighted by molar-refractivity contribution is 0.0528. The fourth-order valence-electron chi connectivity index (χ4n) is 2.40. The van der Waals surface area contributed by atoms with Crippen molar-refractivity contribution in [2.45, 2.75) is 13.8 Å². The van der Waals surface area contributed by atoms with Gasteiger partial charge in [0, 0.05) is 18.0 Å². The Kier molecular flexibility index (Phi) is 4.28. The summed E-state index contributed by atoms with van der Waals surface area (Å²) in [7, 11) is 0. The number of nitrogens with zero attached hydrogens (tertiary/aromatic N) is 2. The Labute approximate surface area is 134 Å². The van der Waals surface area contributed by atoms with Crippen LogP contribution in [-0.2, 0) is 4.74 Å². The van der Waals surface area contributed by atoms with E-state index in [2.05, 4.69) is 4.98 Å². The lowest BCUT2D eigenvalue weighted by Gasteiger charge is -2.06. The Morgan fingerprint density at radius 3 is 2.48 bits per heavy atom. The standard InChI is InChI=1S/C18H18N2O3/c1-3-22-14-7-5-13(6-8-14)16-10-12-20-11-9-15(17(20)19-16)18(21)23-4-2/h5-12H,3-4H2,1-2H3. The summed E-state index contributed by atoms with van der Waals surface area (Å²) in [6.45, 7) is 4.72. The molecule has 0 aliphatic heterocycles. The van der Waals surface area contributed by atoms with Crippen LogP contribution in [0, 0.1) is 0 Å². The van der Waals surface area contributed by atoms with Crippen molar-refractivity contribution in [1.29, 1.82) is 0 Å². The number of fused-ring (bicyclic) bond motifs is 1. The lowest BCUT2D eigenvalue weighted by atomic mass is 10.1. The van der Waals surface area contributed by atoms with Crippen molar-refractivity contribution in [3.63, 3.8) is 0 Å². The van der Waals surface area contributed by atoms with E-state index in [1.54, 1.807) is 19.2 Å². The van der Waals surface area contributed by atoms with Gasteiger partial charge >= 0.3 is 5.97 Å². The molecule has 0 saturated heterocycles. The Morgan fingerprint density at radius 1 is 1.04 bits per heavy atom. The molecule has 0 unspecified atom stereocenters. The van der Waals surface area contributed by atoms with Gasteiger partial charge in [-0.25, -0.2) is 9.78 Å². The number of hydrogen-bond donors (Lipinski definition) is 0. The van der Waals surface area contributed by atoms with Gasteiger partial charge in [0.1, 0.15) is 11.3 Å². The van der Waals surface area contributed by atoms with Crippen LogP contribution >= 0.6 is 0 Å². The Hall–Kier alpha value is -2.82. The van der Waals surface area contributed by atoms with E-state index in [-0.39, 0.29) is 5.97 Å². The summed E-state index contributed by atoms with van der Waals surface area (Å²) < 4.78 is 12.3. The van der Waals surface area contributed by atoms with E-state index in [0.717, 1.165) is 17.0 Å². The maximum Gasteiger partial charge on any atom is 0.341 e. The molecule has 0 fully saturated rings. The van der Waals surface area contributed by atoms with Gasteiger partial charge in [-0.1, -0.05) is 0 Å². The van der Waals surface area contributed by atoms with E-state index in [1.807, 2.05) is 47.9 Å². The molecule has 23 heavy (non-hydrogen) atoms. The molecule has 0 bridgehead atoms. The van der Waals surface area contributed by atoms with Crippen molar-refractivity contribution in [3.05, 3.63) is 54.4 Å². The SMILES string of the molecule is CCOC(=O)c1ccn2ccc(-c3ccc(OCC)cc3)nc12. The second-order valence-corrected chi connectivity index (χ2v) is 4.95. The van der Waals surface area contributed by atoms with E-state index >= 15 is 0 Å². The summed E-state index contributed by atoms with van der Waals surface area (Å²) in [5, 5.41) is 0. The van der Waals surface area contributed by atoms with Crippen molar-refractivity contribution in [1.82, 2.24) is 9.38 Å². The van der Waals surface area contributed by atoms with E-state index in [0.29, 0.717) is 24.4 Å². The molecule has 5 nitrogen and oxygen atoms in total. The second-order valence-electron chi connectivity index (χ2n) is 4.95. The molecule has 2 heterocycles. The summed E-state index contributed by atoms with van der Waals surface area (Å²) in [6.07, 6.45) is 3.69. The fourth-order valence-corrected chi connectivity index (χ4v) is 2.40. The Morgan fingerprint density at radius 2 is 1.78 bits per heavy atom. The Bertz CT molecular complexity index is 822. The van der Waals surface area contributed by atoms with Crippen LogP contribution in [0.15, 0.2) is 48.8 Å². The highest BCUT2D eigenvalue weighted by atomic mass is 16.5. The molecule has 118 valence electrons. The van der Waals surface area contributed by atoms with Crippen LogP contribution in [-0.4, -0.2) is 28.6 Å². The fraction of sp³-hybridized carbons (Fsp3) is 0.222. The van der Waals surface area contributed by atoms with Gasteiger partial charge < -0.3 is 13.9 Å². The maximum absolute atomic E-state index is 12.0. The normalized spacial score (nSPS) is 10.7. The summed E-state index contributed by atoms with van der Waals surface area (Å²) in [5.41, 5.74) is 2.83. The number of benzene rings is 1. The van der Waals surface area contributed by atoms with Gasteiger partial charge in [0.05, 0.1) is 18.9 Å². The molecular weight excluding hydrogens is 292 g/mol. The highest BCUT2D eigenvalue weighted by Crippen LogP contribution is 2.22. The van der Waals surface area contributed by atoms with Crippen molar-refractivity contribution >= 4 is 11.6 Å². The average molecular weight is 310 g/mol. The van der Waals surface area contributed by atoms with E-state index < -0.39 is 0 Å². The predicted molar refractivity (Wildman–Crippen MR) is 87.8 cm³/mol. The molecule has 1 aromatic carbocycles. The number of rotatable bonds is 5. The van der Waals surface area contributed by atoms with Crippen molar-refractivity contribution in [2.24, 2.45) is 0 Å². The third-order valence-corrected chi connectivity index (χ3v) is 3.46. The zero-order valence-electron chi connectivity index (χ0n) is 13.2. The van der Waals surface area contributed by atoms with Gasteiger partial charge in [0.25, 0.3) is 0 Å². The molecule has 5 heteroatoms. The quantitative estimate of drug-likeness (QED) is 0.676. The molecule has 0 amide bonds. The van der Waals surface area contributed by atoms with Crippen LogP contribution in [0.1, 0.15) is 24.2 Å². The predicted octanol–water partition coefficient (Wildman–Crippen LogP) is 3.58. The minimum Gasteiger partial charge on any atom is -0.494 e. The van der Waals surface area contributed by atoms with Gasteiger partial charge in [-0.05, 0) is 50.2 Å². The molecule has 0 spiro atoms. The molecule has 0 atom stereocenters. The first-order chi connectivity index (χ1) is 11.2. The van der Waals surface area contributed by atoms with Gasteiger partial charge in [-0.2, -0.15) is 0 Å². The van der Waals surface area contributed by atoms with Crippen LogP contribution in [0.3, 0.4) is 0 Å².